The predicted octanol–water partition coefficient (Wildman–Crippen LogP) is 3.59. The van der Waals surface area contributed by atoms with Gasteiger partial charge in [0.2, 0.25) is 5.91 Å². The van der Waals surface area contributed by atoms with Crippen LogP contribution in [0.15, 0.2) is 79.0 Å². The number of aliphatic hydroxyl groups excluding tert-OH is 1. The Balaban J connectivity index is 1.35. The zero-order valence-corrected chi connectivity index (χ0v) is 28.5. The number of hydrogen-bond acceptors (Lipinski definition) is 9. The van der Waals surface area contributed by atoms with Crippen molar-refractivity contribution in [1.82, 2.24) is 26.1 Å². The Labute approximate surface area is 287 Å². The molecule has 3 amide bonds. The van der Waals surface area contributed by atoms with Crippen LogP contribution in [0.5, 0.6) is 0 Å². The Bertz CT molecular complexity index is 1530. The van der Waals surface area contributed by atoms with E-state index in [0.29, 0.717) is 13.0 Å². The molecule has 3 aromatic rings. The van der Waals surface area contributed by atoms with E-state index in [1.807, 2.05) is 93.6 Å². The van der Waals surface area contributed by atoms with Crippen LogP contribution < -0.4 is 16.1 Å². The van der Waals surface area contributed by atoms with Crippen LogP contribution in [0.25, 0.3) is 11.3 Å². The number of amides is 3. The number of aromatic nitrogens is 1. The maximum atomic E-state index is 13.7. The molecule has 6 unspecified atom stereocenters. The minimum Gasteiger partial charge on any atom is -0.443 e. The number of ether oxygens (including phenoxy) is 3. The average Bonchev–Trinajstić information content (AvgIpc) is 3.69. The molecule has 1 aromatic heterocycles. The Morgan fingerprint density at radius 3 is 2.39 bits per heavy atom. The third kappa shape index (κ3) is 10.1. The first-order valence-electron chi connectivity index (χ1n) is 16.7. The smallest absolute Gasteiger partial charge is 0.407 e. The molecule has 2 saturated heterocycles. The molecule has 2 aromatic carbocycles. The van der Waals surface area contributed by atoms with Gasteiger partial charge in [0.15, 0.2) is 6.29 Å². The van der Waals surface area contributed by atoms with Crippen molar-refractivity contribution >= 4 is 17.9 Å². The fourth-order valence-corrected chi connectivity index (χ4v) is 6.16. The number of nitrogens with one attached hydrogen (secondary N) is 3. The quantitative estimate of drug-likeness (QED) is 0.200. The van der Waals surface area contributed by atoms with Crippen molar-refractivity contribution in [2.24, 2.45) is 11.3 Å². The van der Waals surface area contributed by atoms with Gasteiger partial charge in [-0.05, 0) is 41.5 Å². The van der Waals surface area contributed by atoms with E-state index in [4.69, 9.17) is 14.2 Å². The number of rotatable bonds is 13. The average molecular weight is 674 g/mol. The van der Waals surface area contributed by atoms with Crippen LogP contribution >= 0.6 is 0 Å². The van der Waals surface area contributed by atoms with Crippen molar-refractivity contribution in [1.29, 1.82) is 0 Å². The van der Waals surface area contributed by atoms with Crippen LogP contribution in [0.3, 0.4) is 0 Å². The Morgan fingerprint density at radius 2 is 1.71 bits per heavy atom. The molecular formula is C37H47N5O7. The summed E-state index contributed by atoms with van der Waals surface area (Å²) < 4.78 is 17.0. The number of carbonyl (C=O) groups is 3. The van der Waals surface area contributed by atoms with Crippen molar-refractivity contribution in [2.75, 3.05) is 19.8 Å². The summed E-state index contributed by atoms with van der Waals surface area (Å²) in [4.78, 5) is 43.4. The maximum absolute atomic E-state index is 13.7. The molecule has 5 rings (SSSR count). The van der Waals surface area contributed by atoms with Crippen LogP contribution in [0.4, 0.5) is 4.79 Å². The number of pyridine rings is 1. The first kappa shape index (κ1) is 35.9. The summed E-state index contributed by atoms with van der Waals surface area (Å²) in [6, 6.07) is 21.4. The van der Waals surface area contributed by atoms with Crippen LogP contribution in [-0.4, -0.2) is 83.3 Å². The zero-order chi connectivity index (χ0) is 35.0. The van der Waals surface area contributed by atoms with Gasteiger partial charge in [0.05, 0.1) is 37.0 Å². The zero-order valence-electron chi connectivity index (χ0n) is 28.5. The highest BCUT2D eigenvalue weighted by Gasteiger charge is 2.44. The largest absolute Gasteiger partial charge is 0.443 e. The molecule has 2 aliphatic rings. The fourth-order valence-electron chi connectivity index (χ4n) is 6.16. The summed E-state index contributed by atoms with van der Waals surface area (Å²) in [6.45, 7) is 7.94. The second-order valence-corrected chi connectivity index (χ2v) is 13.7. The Hall–Kier alpha value is -4.36. The van der Waals surface area contributed by atoms with Gasteiger partial charge in [-0.2, -0.15) is 0 Å². The van der Waals surface area contributed by atoms with E-state index in [1.165, 1.54) is 6.92 Å². The first-order chi connectivity index (χ1) is 23.5. The molecule has 2 aliphatic heterocycles. The Kier molecular flexibility index (Phi) is 12.0. The molecule has 0 saturated carbocycles. The van der Waals surface area contributed by atoms with Gasteiger partial charge in [-0.25, -0.2) is 9.80 Å². The number of nitrogens with zero attached hydrogens (tertiary/aromatic N) is 2. The molecule has 3 heterocycles. The van der Waals surface area contributed by atoms with Gasteiger partial charge in [-0.3, -0.25) is 20.0 Å². The molecule has 49 heavy (non-hydrogen) atoms. The molecular weight excluding hydrogens is 626 g/mol. The summed E-state index contributed by atoms with van der Waals surface area (Å²) in [5.41, 5.74) is 5.88. The van der Waals surface area contributed by atoms with E-state index in [9.17, 15) is 19.5 Å². The van der Waals surface area contributed by atoms with Crippen LogP contribution in [0.2, 0.25) is 0 Å². The topological polar surface area (TPSA) is 151 Å². The maximum Gasteiger partial charge on any atom is 0.407 e. The highest BCUT2D eigenvalue weighted by molar-refractivity contribution is 5.87. The second-order valence-electron chi connectivity index (χ2n) is 13.7. The number of fused-ring (bicyclic) bond motifs is 1. The van der Waals surface area contributed by atoms with E-state index in [-0.39, 0.29) is 37.8 Å². The molecule has 12 heteroatoms. The molecule has 6 atom stereocenters. The van der Waals surface area contributed by atoms with E-state index in [2.05, 4.69) is 21.0 Å². The van der Waals surface area contributed by atoms with E-state index in [1.54, 1.807) is 11.2 Å². The minimum atomic E-state index is -1.14. The third-order valence-corrected chi connectivity index (χ3v) is 8.75. The summed E-state index contributed by atoms with van der Waals surface area (Å²) in [6.07, 6.45) is 0.162. The van der Waals surface area contributed by atoms with Gasteiger partial charge in [-0.1, -0.05) is 81.4 Å². The second kappa shape index (κ2) is 16.4. The number of aliphatic hydroxyl groups is 1. The molecule has 4 N–H and O–H groups in total. The van der Waals surface area contributed by atoms with E-state index in [0.717, 1.165) is 28.8 Å². The summed E-state index contributed by atoms with van der Waals surface area (Å²) in [7, 11) is 0. The lowest BCUT2D eigenvalue weighted by Gasteiger charge is -2.34. The van der Waals surface area contributed by atoms with Gasteiger partial charge in [0.1, 0.15) is 12.1 Å². The molecule has 262 valence electrons. The van der Waals surface area contributed by atoms with Gasteiger partial charge < -0.3 is 30.0 Å². The normalized spacial score (nSPS) is 20.6. The number of carbonyl (C=O) groups excluding carboxylic acids is 3. The van der Waals surface area contributed by atoms with Crippen molar-refractivity contribution in [3.05, 3.63) is 90.1 Å². The number of hydrogen-bond donors (Lipinski definition) is 4. The van der Waals surface area contributed by atoms with Gasteiger partial charge in [0, 0.05) is 31.8 Å². The SMILES string of the molecule is CC(=O)NC(C(=O)NN(Cc1ccc(-c2ccccn2)cc1)CC(O)C(Cc1ccccc1)NC(=O)OC1COC2OCCC12)C(C)(C)C. The number of alkyl carbamates (subject to hydrolysis) is 1. The highest BCUT2D eigenvalue weighted by Crippen LogP contribution is 2.33. The van der Waals surface area contributed by atoms with E-state index >= 15 is 0 Å². The molecule has 0 bridgehead atoms. The molecule has 12 nitrogen and oxygen atoms in total. The lowest BCUT2D eigenvalue weighted by atomic mass is 9.86. The minimum absolute atomic E-state index is 0.0302. The number of hydrazine groups is 1. The van der Waals surface area contributed by atoms with Crippen molar-refractivity contribution in [3.8, 4) is 11.3 Å². The standard InChI is InChI=1S/C37H47N5O7/c1-24(43)39-33(37(2,3)4)34(45)41-42(21-26-13-15-27(16-14-26)29-12-8-9-18-38-29)22-31(44)30(20-25-10-6-5-7-11-25)40-36(46)49-32-23-48-35-28(32)17-19-47-35/h5-16,18,28,30-33,35,44H,17,19-23H2,1-4H3,(H,39,43)(H,40,46)(H,41,45). The predicted molar refractivity (Wildman–Crippen MR) is 182 cm³/mol. The summed E-state index contributed by atoms with van der Waals surface area (Å²) in [5, 5.41) is 19.0. The summed E-state index contributed by atoms with van der Waals surface area (Å²) in [5.74, 6) is -0.792. The third-order valence-electron chi connectivity index (χ3n) is 8.75. The molecule has 0 radical (unpaired) electrons. The van der Waals surface area contributed by atoms with Crippen LogP contribution in [-0.2, 0) is 36.8 Å². The lowest BCUT2D eigenvalue weighted by Crippen LogP contribution is -2.59. The molecule has 0 aliphatic carbocycles. The van der Waals surface area contributed by atoms with Gasteiger partial charge in [-0.15, -0.1) is 0 Å². The fraction of sp³-hybridized carbons (Fsp3) is 0.459. The molecule has 0 spiro atoms. The van der Waals surface area contributed by atoms with Crippen molar-refractivity contribution in [3.63, 3.8) is 0 Å². The van der Waals surface area contributed by atoms with Crippen LogP contribution in [0, 0.1) is 11.3 Å². The Morgan fingerprint density at radius 1 is 0.980 bits per heavy atom. The lowest BCUT2D eigenvalue weighted by molar-refractivity contribution is -0.135. The van der Waals surface area contributed by atoms with Gasteiger partial charge in [0.25, 0.3) is 5.91 Å². The van der Waals surface area contributed by atoms with E-state index < -0.39 is 41.7 Å². The first-order valence-corrected chi connectivity index (χ1v) is 16.7. The van der Waals surface area contributed by atoms with Crippen LogP contribution in [0.1, 0.15) is 45.2 Å². The number of benzene rings is 2. The monoisotopic (exact) mass is 673 g/mol. The summed E-state index contributed by atoms with van der Waals surface area (Å²) >= 11 is 0. The highest BCUT2D eigenvalue weighted by atomic mass is 16.7. The van der Waals surface area contributed by atoms with Crippen molar-refractivity contribution < 1.29 is 33.7 Å². The van der Waals surface area contributed by atoms with Crippen molar-refractivity contribution in [2.45, 2.75) is 77.7 Å². The molecule has 2 fully saturated rings. The van der Waals surface area contributed by atoms with Gasteiger partial charge >= 0.3 is 6.09 Å².